The molecule has 0 fully saturated rings. The molecule has 0 saturated heterocycles. The molecule has 0 amide bonds. The lowest BCUT2D eigenvalue weighted by atomic mass is 9.98. The minimum Gasteiger partial charge on any atom is -0.423 e. The average molecular weight is 445 g/mol. The number of hydrogen-bond acceptors (Lipinski definition) is 6. The molecule has 1 aliphatic rings. The normalized spacial score (nSPS) is 11.8. The zero-order chi connectivity index (χ0) is 23.1. The van der Waals surface area contributed by atoms with E-state index in [1.54, 1.807) is 31.4 Å². The number of hydrogen-bond donors (Lipinski definition) is 2. The molecule has 2 heterocycles. The fourth-order valence-electron chi connectivity index (χ4n) is 4.08. The number of nitrogens with zero attached hydrogens (tertiary/aromatic N) is 3. The SMILES string of the molecule is CNc1cc(F)cc2c1Cc1nc(Oc3ccc(C)nc3)nc(-c3cc(CN)ccc3F)c1-2. The first-order valence-electron chi connectivity index (χ1n) is 10.5. The van der Waals surface area contributed by atoms with Crippen molar-refractivity contribution in [3.8, 4) is 34.1 Å². The molecular weight excluding hydrogens is 424 g/mol. The zero-order valence-electron chi connectivity index (χ0n) is 18.1. The van der Waals surface area contributed by atoms with E-state index < -0.39 is 11.6 Å². The summed E-state index contributed by atoms with van der Waals surface area (Å²) in [5.74, 6) is -0.408. The predicted molar refractivity (Wildman–Crippen MR) is 122 cm³/mol. The Morgan fingerprint density at radius 1 is 1.06 bits per heavy atom. The van der Waals surface area contributed by atoms with E-state index in [1.165, 1.54) is 18.2 Å². The van der Waals surface area contributed by atoms with Gasteiger partial charge in [-0.15, -0.1) is 0 Å². The number of anilines is 1. The maximum Gasteiger partial charge on any atom is 0.322 e. The van der Waals surface area contributed by atoms with Crippen LogP contribution in [0.15, 0.2) is 48.7 Å². The van der Waals surface area contributed by atoms with E-state index in [0.717, 1.165) is 16.8 Å². The van der Waals surface area contributed by atoms with E-state index in [4.69, 9.17) is 10.5 Å². The number of nitrogens with two attached hydrogens (primary N) is 1. The van der Waals surface area contributed by atoms with Gasteiger partial charge >= 0.3 is 6.01 Å². The van der Waals surface area contributed by atoms with Crippen LogP contribution in [0.4, 0.5) is 14.5 Å². The summed E-state index contributed by atoms with van der Waals surface area (Å²) in [6.45, 7) is 2.12. The highest BCUT2D eigenvalue weighted by atomic mass is 19.1. The van der Waals surface area contributed by atoms with Crippen molar-refractivity contribution < 1.29 is 13.5 Å². The molecule has 5 rings (SSSR count). The van der Waals surface area contributed by atoms with Gasteiger partial charge in [0.1, 0.15) is 17.4 Å². The summed E-state index contributed by atoms with van der Waals surface area (Å²) in [4.78, 5) is 13.4. The second-order valence-corrected chi connectivity index (χ2v) is 7.84. The lowest BCUT2D eigenvalue weighted by molar-refractivity contribution is 0.439. The molecule has 0 radical (unpaired) electrons. The maximum absolute atomic E-state index is 15.0. The van der Waals surface area contributed by atoms with Gasteiger partial charge in [0.2, 0.25) is 0 Å². The Hall–Kier alpha value is -3.91. The lowest BCUT2D eigenvalue weighted by Crippen LogP contribution is -2.02. The Labute approximate surface area is 189 Å². The van der Waals surface area contributed by atoms with Crippen molar-refractivity contribution in [3.63, 3.8) is 0 Å². The molecule has 166 valence electrons. The quantitative estimate of drug-likeness (QED) is 0.396. The van der Waals surface area contributed by atoms with Crippen molar-refractivity contribution >= 4 is 5.69 Å². The van der Waals surface area contributed by atoms with Crippen molar-refractivity contribution in [2.45, 2.75) is 19.9 Å². The summed E-state index contributed by atoms with van der Waals surface area (Å²) in [7, 11) is 1.73. The van der Waals surface area contributed by atoms with Gasteiger partial charge in [-0.2, -0.15) is 9.97 Å². The molecule has 0 atom stereocenters. The van der Waals surface area contributed by atoms with Gasteiger partial charge in [-0.25, -0.2) is 8.78 Å². The Kier molecular flexibility index (Phi) is 5.22. The second kappa shape index (κ2) is 8.22. The van der Waals surface area contributed by atoms with Gasteiger partial charge < -0.3 is 15.8 Å². The van der Waals surface area contributed by atoms with Gasteiger partial charge in [0, 0.05) is 42.5 Å². The Morgan fingerprint density at radius 2 is 1.91 bits per heavy atom. The highest BCUT2D eigenvalue weighted by Crippen LogP contribution is 2.46. The molecule has 6 nitrogen and oxygen atoms in total. The monoisotopic (exact) mass is 445 g/mol. The molecular formula is C25H21F2N5O. The summed E-state index contributed by atoms with van der Waals surface area (Å²) >= 11 is 0. The number of fused-ring (bicyclic) bond motifs is 3. The first-order valence-corrected chi connectivity index (χ1v) is 10.5. The Balaban J connectivity index is 1.73. The van der Waals surface area contributed by atoms with Gasteiger partial charge in [-0.05, 0) is 60.0 Å². The van der Waals surface area contributed by atoms with Gasteiger partial charge in [0.05, 0.1) is 17.6 Å². The summed E-state index contributed by atoms with van der Waals surface area (Å²) in [5, 5.41) is 3.03. The standard InChI is InChI=1S/C25H21F2N5O/c1-13-3-5-16(12-30-13)33-25-31-22-10-17-18(8-15(26)9-21(17)29-2)23(22)24(32-25)19-7-14(11-28)4-6-20(19)27/h3-9,12,29H,10-11,28H2,1-2H3. The molecule has 4 aromatic rings. The van der Waals surface area contributed by atoms with Crippen molar-refractivity contribution in [3.05, 3.63) is 82.8 Å². The summed E-state index contributed by atoms with van der Waals surface area (Å²) in [6, 6.07) is 11.1. The molecule has 2 aromatic carbocycles. The largest absolute Gasteiger partial charge is 0.423 e. The van der Waals surface area contributed by atoms with Crippen LogP contribution in [0.3, 0.4) is 0 Å². The highest BCUT2D eigenvalue weighted by molar-refractivity contribution is 5.90. The van der Waals surface area contributed by atoms with Crippen molar-refractivity contribution in [2.75, 3.05) is 12.4 Å². The first kappa shape index (κ1) is 21.0. The summed E-state index contributed by atoms with van der Waals surface area (Å²) in [6.07, 6.45) is 2.00. The molecule has 0 unspecified atom stereocenters. The van der Waals surface area contributed by atoms with E-state index in [2.05, 4.69) is 20.3 Å². The fraction of sp³-hybridized carbons (Fsp3) is 0.160. The summed E-state index contributed by atoms with van der Waals surface area (Å²) in [5.41, 5.74) is 11.3. The van der Waals surface area contributed by atoms with E-state index in [0.29, 0.717) is 40.4 Å². The molecule has 3 N–H and O–H groups in total. The number of rotatable bonds is 5. The van der Waals surface area contributed by atoms with Crippen LogP contribution in [-0.2, 0) is 13.0 Å². The number of nitrogens with one attached hydrogen (secondary N) is 1. The second-order valence-electron chi connectivity index (χ2n) is 7.84. The molecule has 0 saturated carbocycles. The fourth-order valence-corrected chi connectivity index (χ4v) is 4.08. The molecule has 1 aliphatic carbocycles. The molecule has 2 aromatic heterocycles. The van der Waals surface area contributed by atoms with Crippen LogP contribution in [-0.4, -0.2) is 22.0 Å². The topological polar surface area (TPSA) is 86.0 Å². The number of benzene rings is 2. The van der Waals surface area contributed by atoms with E-state index >= 15 is 4.39 Å². The van der Waals surface area contributed by atoms with Gasteiger partial charge in [-0.3, -0.25) is 4.98 Å². The minimum atomic E-state index is -0.463. The van der Waals surface area contributed by atoms with Gasteiger partial charge in [-0.1, -0.05) is 6.07 Å². The highest BCUT2D eigenvalue weighted by Gasteiger charge is 2.30. The third-order valence-corrected chi connectivity index (χ3v) is 5.68. The molecule has 0 spiro atoms. The molecule has 0 aliphatic heterocycles. The minimum absolute atomic E-state index is 0.0613. The number of aromatic nitrogens is 3. The van der Waals surface area contributed by atoms with Crippen LogP contribution < -0.4 is 15.8 Å². The third kappa shape index (κ3) is 3.78. The third-order valence-electron chi connectivity index (χ3n) is 5.68. The van der Waals surface area contributed by atoms with Crippen molar-refractivity contribution in [2.24, 2.45) is 5.73 Å². The first-order chi connectivity index (χ1) is 16.0. The van der Waals surface area contributed by atoms with Crippen molar-refractivity contribution in [1.29, 1.82) is 0 Å². The Bertz CT molecular complexity index is 1370. The number of ether oxygens (including phenoxy) is 1. The van der Waals surface area contributed by atoms with Crippen LogP contribution in [0.2, 0.25) is 0 Å². The predicted octanol–water partition coefficient (Wildman–Crippen LogP) is 4.99. The average Bonchev–Trinajstić information content (AvgIpc) is 3.18. The Morgan fingerprint density at radius 3 is 2.64 bits per heavy atom. The zero-order valence-corrected chi connectivity index (χ0v) is 18.1. The maximum atomic E-state index is 15.0. The summed E-state index contributed by atoms with van der Waals surface area (Å²) < 4.78 is 35.3. The van der Waals surface area contributed by atoms with Crippen LogP contribution in [0.1, 0.15) is 22.5 Å². The molecule has 33 heavy (non-hydrogen) atoms. The van der Waals surface area contributed by atoms with E-state index in [9.17, 15) is 4.39 Å². The van der Waals surface area contributed by atoms with Crippen LogP contribution in [0, 0.1) is 18.6 Å². The number of halogens is 2. The van der Waals surface area contributed by atoms with Gasteiger partial charge in [0.15, 0.2) is 0 Å². The lowest BCUT2D eigenvalue weighted by Gasteiger charge is -2.13. The number of aryl methyl sites for hydroxylation is 1. The molecule has 0 bridgehead atoms. The smallest absolute Gasteiger partial charge is 0.322 e. The molecule has 8 heteroatoms. The van der Waals surface area contributed by atoms with Crippen molar-refractivity contribution in [1.82, 2.24) is 15.0 Å². The van der Waals surface area contributed by atoms with E-state index in [1.807, 2.05) is 13.0 Å². The number of pyridine rings is 1. The van der Waals surface area contributed by atoms with Crippen LogP contribution in [0.5, 0.6) is 11.8 Å². The van der Waals surface area contributed by atoms with Gasteiger partial charge in [0.25, 0.3) is 0 Å². The van der Waals surface area contributed by atoms with E-state index in [-0.39, 0.29) is 18.1 Å². The van der Waals surface area contributed by atoms with Crippen LogP contribution in [0.25, 0.3) is 22.4 Å². The van der Waals surface area contributed by atoms with Crippen LogP contribution >= 0.6 is 0 Å².